The lowest BCUT2D eigenvalue weighted by Gasteiger charge is -2.22. The second-order valence-electron chi connectivity index (χ2n) is 5.64. The Balaban J connectivity index is 2.03. The van der Waals surface area contributed by atoms with Crippen LogP contribution in [0.25, 0.3) is 10.9 Å². The van der Waals surface area contributed by atoms with Crippen LogP contribution in [0.3, 0.4) is 0 Å². The number of para-hydroxylation sites is 1. The number of fused-ring (bicyclic) bond motifs is 1. The van der Waals surface area contributed by atoms with E-state index < -0.39 is 11.4 Å². The maximum Gasteiger partial charge on any atom is 0.146 e. The fourth-order valence-corrected chi connectivity index (χ4v) is 2.42. The predicted molar refractivity (Wildman–Crippen MR) is 83.5 cm³/mol. The zero-order valence-corrected chi connectivity index (χ0v) is 12.4. The van der Waals surface area contributed by atoms with E-state index in [1.165, 1.54) is 19.9 Å². The highest BCUT2D eigenvalue weighted by Gasteiger charge is 2.25. The number of nitrogens with zero attached hydrogens (tertiary/aromatic N) is 1. The molecule has 0 spiro atoms. The molecule has 2 aromatic carbocycles. The molecule has 22 heavy (non-hydrogen) atoms. The molecule has 0 bridgehead atoms. The third kappa shape index (κ3) is 2.78. The van der Waals surface area contributed by atoms with Gasteiger partial charge in [-0.3, -0.25) is 4.98 Å². The van der Waals surface area contributed by atoms with Gasteiger partial charge in [0.2, 0.25) is 0 Å². The highest BCUT2D eigenvalue weighted by Crippen LogP contribution is 2.35. The van der Waals surface area contributed by atoms with E-state index in [0.717, 1.165) is 10.9 Å². The Morgan fingerprint density at radius 3 is 2.64 bits per heavy atom. The minimum Gasteiger partial charge on any atom is -0.455 e. The van der Waals surface area contributed by atoms with Crippen LogP contribution < -0.4 is 4.74 Å². The lowest BCUT2D eigenvalue weighted by molar-refractivity contribution is 0.0721. The second kappa shape index (κ2) is 5.39. The molecule has 0 fully saturated rings. The van der Waals surface area contributed by atoms with E-state index in [4.69, 9.17) is 4.74 Å². The van der Waals surface area contributed by atoms with Crippen LogP contribution in [0, 0.1) is 5.82 Å². The van der Waals surface area contributed by atoms with Crippen molar-refractivity contribution in [3.05, 3.63) is 66.1 Å². The number of hydrogen-bond acceptors (Lipinski definition) is 3. The van der Waals surface area contributed by atoms with Gasteiger partial charge in [0, 0.05) is 5.39 Å². The van der Waals surface area contributed by atoms with Gasteiger partial charge in [0.1, 0.15) is 17.3 Å². The topological polar surface area (TPSA) is 42.4 Å². The number of ether oxygens (including phenoxy) is 1. The van der Waals surface area contributed by atoms with E-state index in [-0.39, 0.29) is 11.3 Å². The monoisotopic (exact) mass is 297 g/mol. The van der Waals surface area contributed by atoms with Crippen molar-refractivity contribution in [1.82, 2.24) is 4.98 Å². The van der Waals surface area contributed by atoms with E-state index in [9.17, 15) is 9.50 Å². The van der Waals surface area contributed by atoms with E-state index in [0.29, 0.717) is 5.75 Å². The van der Waals surface area contributed by atoms with Crippen LogP contribution >= 0.6 is 0 Å². The Morgan fingerprint density at radius 1 is 1.09 bits per heavy atom. The van der Waals surface area contributed by atoms with Gasteiger partial charge in [-0.25, -0.2) is 4.39 Å². The van der Waals surface area contributed by atoms with Crippen LogP contribution in [-0.2, 0) is 5.60 Å². The van der Waals surface area contributed by atoms with Crippen LogP contribution in [-0.4, -0.2) is 10.1 Å². The summed E-state index contributed by atoms with van der Waals surface area (Å²) < 4.78 is 19.8. The molecule has 1 N–H and O–H groups in total. The maximum atomic E-state index is 14.0. The molecular weight excluding hydrogens is 281 g/mol. The van der Waals surface area contributed by atoms with E-state index in [2.05, 4.69) is 4.98 Å². The molecule has 3 nitrogen and oxygen atoms in total. The van der Waals surface area contributed by atoms with Gasteiger partial charge < -0.3 is 9.84 Å². The Kier molecular flexibility index (Phi) is 3.54. The highest BCUT2D eigenvalue weighted by molar-refractivity contribution is 5.79. The Morgan fingerprint density at radius 2 is 1.86 bits per heavy atom. The van der Waals surface area contributed by atoms with Gasteiger partial charge in [0.25, 0.3) is 0 Å². The van der Waals surface area contributed by atoms with Crippen molar-refractivity contribution in [1.29, 1.82) is 0 Å². The molecule has 0 aliphatic carbocycles. The Hall–Kier alpha value is -2.46. The normalized spacial score (nSPS) is 11.6. The third-order valence-corrected chi connectivity index (χ3v) is 3.38. The molecule has 3 aromatic rings. The first-order valence-electron chi connectivity index (χ1n) is 6.99. The molecule has 0 atom stereocenters. The van der Waals surface area contributed by atoms with Crippen molar-refractivity contribution in [3.8, 4) is 11.5 Å². The van der Waals surface area contributed by atoms with Crippen LogP contribution in [0.15, 0.2) is 54.7 Å². The minimum absolute atomic E-state index is 0.128. The van der Waals surface area contributed by atoms with E-state index in [1.807, 2.05) is 30.3 Å². The summed E-state index contributed by atoms with van der Waals surface area (Å²) in [6.07, 6.45) is 1.58. The van der Waals surface area contributed by atoms with Gasteiger partial charge in [0.05, 0.1) is 22.9 Å². The molecule has 0 radical (unpaired) electrons. The quantitative estimate of drug-likeness (QED) is 0.779. The average molecular weight is 297 g/mol. The highest BCUT2D eigenvalue weighted by atomic mass is 19.1. The van der Waals surface area contributed by atoms with Crippen LogP contribution in [0.5, 0.6) is 11.5 Å². The van der Waals surface area contributed by atoms with Gasteiger partial charge in [-0.15, -0.1) is 0 Å². The summed E-state index contributed by atoms with van der Waals surface area (Å²) in [5, 5.41) is 11.1. The Labute approximate surface area is 128 Å². The second-order valence-corrected chi connectivity index (χ2v) is 5.64. The summed E-state index contributed by atoms with van der Waals surface area (Å²) in [6, 6.07) is 14.0. The van der Waals surface area contributed by atoms with Crippen molar-refractivity contribution in [2.75, 3.05) is 0 Å². The first kappa shape index (κ1) is 14.5. The summed E-state index contributed by atoms with van der Waals surface area (Å²) in [5.74, 6) is 0.276. The SMILES string of the molecule is CC(C)(O)c1c(F)cccc1Oc1cnc2ccccc2c1. The fourth-order valence-electron chi connectivity index (χ4n) is 2.42. The molecule has 0 aliphatic heterocycles. The smallest absolute Gasteiger partial charge is 0.146 e. The molecule has 1 aromatic heterocycles. The van der Waals surface area contributed by atoms with Gasteiger partial charge in [0.15, 0.2) is 0 Å². The Bertz CT molecular complexity index is 825. The molecule has 3 rings (SSSR count). The molecule has 0 saturated heterocycles. The van der Waals surface area contributed by atoms with Crippen molar-refractivity contribution < 1.29 is 14.2 Å². The molecule has 0 unspecified atom stereocenters. The van der Waals surface area contributed by atoms with Crippen LogP contribution in [0.1, 0.15) is 19.4 Å². The average Bonchev–Trinajstić information content (AvgIpc) is 2.46. The molecule has 1 heterocycles. The van der Waals surface area contributed by atoms with E-state index >= 15 is 0 Å². The number of benzene rings is 2. The molecule has 4 heteroatoms. The number of pyridine rings is 1. The van der Waals surface area contributed by atoms with Crippen molar-refractivity contribution in [2.45, 2.75) is 19.4 Å². The first-order chi connectivity index (χ1) is 10.4. The molecule has 112 valence electrons. The van der Waals surface area contributed by atoms with Crippen molar-refractivity contribution in [3.63, 3.8) is 0 Å². The number of aromatic nitrogens is 1. The van der Waals surface area contributed by atoms with Crippen molar-refractivity contribution >= 4 is 10.9 Å². The third-order valence-electron chi connectivity index (χ3n) is 3.38. The number of halogens is 1. The predicted octanol–water partition coefficient (Wildman–Crippen LogP) is 4.39. The fraction of sp³-hybridized carbons (Fsp3) is 0.167. The minimum atomic E-state index is -1.34. The molecule has 0 amide bonds. The van der Waals surface area contributed by atoms with Gasteiger partial charge in [-0.1, -0.05) is 24.3 Å². The van der Waals surface area contributed by atoms with E-state index in [1.54, 1.807) is 18.3 Å². The molecule has 0 saturated carbocycles. The summed E-state index contributed by atoms with van der Waals surface area (Å²) >= 11 is 0. The summed E-state index contributed by atoms with van der Waals surface area (Å²) in [6.45, 7) is 3.05. The number of aliphatic hydroxyl groups is 1. The zero-order chi connectivity index (χ0) is 15.7. The maximum absolute atomic E-state index is 14.0. The van der Waals surface area contributed by atoms with Crippen LogP contribution in [0.2, 0.25) is 0 Å². The summed E-state index contributed by atoms with van der Waals surface area (Å²) in [4.78, 5) is 4.31. The molecular formula is C18H16FNO2. The van der Waals surface area contributed by atoms with Gasteiger partial charge in [-0.05, 0) is 38.1 Å². The lowest BCUT2D eigenvalue weighted by atomic mass is 9.97. The molecule has 0 aliphatic rings. The largest absolute Gasteiger partial charge is 0.455 e. The van der Waals surface area contributed by atoms with Gasteiger partial charge in [-0.2, -0.15) is 0 Å². The lowest BCUT2D eigenvalue weighted by Crippen LogP contribution is -2.18. The first-order valence-corrected chi connectivity index (χ1v) is 6.99. The number of hydrogen-bond donors (Lipinski definition) is 1. The van der Waals surface area contributed by atoms with Gasteiger partial charge >= 0.3 is 0 Å². The number of rotatable bonds is 3. The van der Waals surface area contributed by atoms with Crippen molar-refractivity contribution in [2.24, 2.45) is 0 Å². The summed E-state index contributed by atoms with van der Waals surface area (Å²) in [5.41, 5.74) is -0.356. The standard InChI is InChI=1S/C18H16FNO2/c1-18(2,21)17-14(19)7-5-9-16(17)22-13-10-12-6-3-4-8-15(12)20-11-13/h3-11,21H,1-2H3. The summed E-state index contributed by atoms with van der Waals surface area (Å²) in [7, 11) is 0. The van der Waals surface area contributed by atoms with Crippen LogP contribution in [0.4, 0.5) is 4.39 Å². The zero-order valence-electron chi connectivity index (χ0n) is 12.4.